The monoisotopic (exact) mass is 456 g/mol. The number of para-hydroxylation sites is 1. The van der Waals surface area contributed by atoms with Crippen molar-refractivity contribution in [3.05, 3.63) is 65.6 Å². The summed E-state index contributed by atoms with van der Waals surface area (Å²) in [6, 6.07) is 16.5. The summed E-state index contributed by atoms with van der Waals surface area (Å²) >= 11 is 5.21. The first-order valence-electron chi connectivity index (χ1n) is 8.94. The van der Waals surface area contributed by atoms with Crippen molar-refractivity contribution < 1.29 is 27.1 Å². The Morgan fingerprint density at radius 2 is 1.60 bits per heavy atom. The van der Waals surface area contributed by atoms with E-state index in [0.717, 1.165) is 0 Å². The molecule has 0 saturated heterocycles. The largest absolute Gasteiger partial charge is 0.457 e. The molecule has 6 nitrogen and oxygen atoms in total. The standard InChI is InChI=1S/C20H20ClF2N2O4P/c1-3-27-30(26,28-4-2)18(14-24)19(20(21,22)23)25-15-10-12-17(13-11-15)29-16-8-6-5-7-9-16/h5-13,25H,3-4H2,1-2H3/b19-18-. The van der Waals surface area contributed by atoms with Crippen LogP contribution in [-0.2, 0) is 13.6 Å². The summed E-state index contributed by atoms with van der Waals surface area (Å²) in [5.74, 6) is 1.07. The molecule has 1 N–H and O–H groups in total. The van der Waals surface area contributed by atoms with Gasteiger partial charge in [0.05, 0.1) is 13.2 Å². The van der Waals surface area contributed by atoms with Gasteiger partial charge in [-0.15, -0.1) is 0 Å². The molecule has 30 heavy (non-hydrogen) atoms. The van der Waals surface area contributed by atoms with Gasteiger partial charge in [-0.25, -0.2) is 0 Å². The minimum atomic E-state index is -4.31. The molecular formula is C20H20ClF2N2O4P. The van der Waals surface area contributed by atoms with Crippen molar-refractivity contribution in [2.45, 2.75) is 19.2 Å². The van der Waals surface area contributed by atoms with Crippen LogP contribution in [0.4, 0.5) is 14.5 Å². The molecule has 0 atom stereocenters. The molecule has 160 valence electrons. The lowest BCUT2D eigenvalue weighted by molar-refractivity contribution is 0.138. The van der Waals surface area contributed by atoms with Crippen LogP contribution < -0.4 is 10.1 Å². The molecule has 0 aliphatic heterocycles. The second kappa shape index (κ2) is 10.6. The van der Waals surface area contributed by atoms with Crippen LogP contribution in [0.3, 0.4) is 0 Å². The van der Waals surface area contributed by atoms with E-state index in [0.29, 0.717) is 11.5 Å². The lowest BCUT2D eigenvalue weighted by atomic mass is 10.2. The van der Waals surface area contributed by atoms with Gasteiger partial charge in [-0.3, -0.25) is 4.57 Å². The third kappa shape index (κ3) is 6.28. The summed E-state index contributed by atoms with van der Waals surface area (Å²) in [6.45, 7) is 2.76. The molecule has 0 saturated carbocycles. The maximum absolute atomic E-state index is 14.1. The third-order valence-corrected chi connectivity index (χ3v) is 5.86. The van der Waals surface area contributed by atoms with Crippen LogP contribution >= 0.6 is 19.2 Å². The predicted octanol–water partition coefficient (Wildman–Crippen LogP) is 6.72. The van der Waals surface area contributed by atoms with Crippen LogP contribution in [-0.4, -0.2) is 18.6 Å². The van der Waals surface area contributed by atoms with E-state index in [1.54, 1.807) is 12.1 Å². The molecule has 0 heterocycles. The first-order valence-corrected chi connectivity index (χ1v) is 10.9. The van der Waals surface area contributed by atoms with Crippen LogP contribution in [0.25, 0.3) is 0 Å². The number of nitrogens with one attached hydrogen (secondary N) is 1. The van der Waals surface area contributed by atoms with Crippen molar-refractivity contribution in [2.75, 3.05) is 18.5 Å². The number of hydrogen-bond acceptors (Lipinski definition) is 6. The molecule has 2 rings (SSSR count). The van der Waals surface area contributed by atoms with Crippen molar-refractivity contribution in [1.82, 2.24) is 0 Å². The summed E-state index contributed by atoms with van der Waals surface area (Å²) in [5, 5.41) is 6.89. The summed E-state index contributed by atoms with van der Waals surface area (Å²) in [7, 11) is -4.31. The zero-order valence-electron chi connectivity index (χ0n) is 16.3. The van der Waals surface area contributed by atoms with Crippen molar-refractivity contribution in [2.24, 2.45) is 0 Å². The first-order chi connectivity index (χ1) is 14.2. The number of allylic oxidation sites excluding steroid dienone is 2. The minimum Gasteiger partial charge on any atom is -0.457 e. The van der Waals surface area contributed by atoms with Gasteiger partial charge in [0, 0.05) is 5.69 Å². The Morgan fingerprint density at radius 3 is 2.07 bits per heavy atom. The summed E-state index contributed by atoms with van der Waals surface area (Å²) in [6.07, 6.45) is 0. The average molecular weight is 457 g/mol. The summed E-state index contributed by atoms with van der Waals surface area (Å²) in [5.41, 5.74) is -0.910. The topological polar surface area (TPSA) is 80.6 Å². The van der Waals surface area contributed by atoms with Gasteiger partial charge in [0.1, 0.15) is 23.3 Å². The van der Waals surface area contributed by atoms with Gasteiger partial charge < -0.3 is 19.1 Å². The van der Waals surface area contributed by atoms with Crippen molar-refractivity contribution in [1.29, 1.82) is 5.26 Å². The summed E-state index contributed by atoms with van der Waals surface area (Å²) < 4.78 is 56.8. The van der Waals surface area contributed by atoms with Gasteiger partial charge in [-0.1, -0.05) is 18.2 Å². The van der Waals surface area contributed by atoms with Crippen LogP contribution in [0.2, 0.25) is 0 Å². The molecule has 2 aromatic carbocycles. The summed E-state index contributed by atoms with van der Waals surface area (Å²) in [4.78, 5) is 0. The molecule has 10 heteroatoms. The van der Waals surface area contributed by atoms with E-state index < -0.39 is 24.0 Å². The molecule has 2 aromatic rings. The van der Waals surface area contributed by atoms with Crippen LogP contribution in [0.5, 0.6) is 11.5 Å². The maximum Gasteiger partial charge on any atom is 0.373 e. The normalized spacial score (nSPS) is 12.7. The fourth-order valence-corrected chi connectivity index (χ4v) is 4.21. The van der Waals surface area contributed by atoms with Crippen molar-refractivity contribution >= 4 is 24.9 Å². The number of halogens is 3. The van der Waals surface area contributed by atoms with E-state index in [1.165, 1.54) is 44.2 Å². The molecule has 0 radical (unpaired) electrons. The minimum absolute atomic E-state index is 0.116. The molecule has 0 aromatic heterocycles. The van der Waals surface area contributed by atoms with E-state index >= 15 is 0 Å². The van der Waals surface area contributed by atoms with Crippen molar-refractivity contribution in [3.8, 4) is 17.6 Å². The smallest absolute Gasteiger partial charge is 0.373 e. The lowest BCUT2D eigenvalue weighted by Crippen LogP contribution is -2.21. The van der Waals surface area contributed by atoms with E-state index in [9.17, 15) is 18.6 Å². The lowest BCUT2D eigenvalue weighted by Gasteiger charge is -2.22. The van der Waals surface area contributed by atoms with Crippen molar-refractivity contribution in [3.63, 3.8) is 0 Å². The number of anilines is 1. The van der Waals surface area contributed by atoms with E-state index in [2.05, 4.69) is 5.32 Å². The molecule has 0 spiro atoms. The highest BCUT2D eigenvalue weighted by Gasteiger charge is 2.42. The van der Waals surface area contributed by atoms with Gasteiger partial charge in [0.2, 0.25) is 0 Å². The second-order valence-electron chi connectivity index (χ2n) is 5.73. The molecule has 0 fully saturated rings. The molecule has 0 bridgehead atoms. The average Bonchev–Trinajstić information content (AvgIpc) is 2.69. The maximum atomic E-state index is 14.1. The Hall–Kier alpha value is -2.43. The highest BCUT2D eigenvalue weighted by molar-refractivity contribution is 7.59. The highest BCUT2D eigenvalue weighted by Crippen LogP contribution is 2.58. The zero-order chi connectivity index (χ0) is 22.2. The Balaban J connectivity index is 2.37. The van der Waals surface area contributed by atoms with Gasteiger partial charge in [-0.05, 0) is 61.8 Å². The van der Waals surface area contributed by atoms with Gasteiger partial charge in [0.25, 0.3) is 0 Å². The van der Waals surface area contributed by atoms with Crippen LogP contribution in [0.15, 0.2) is 65.6 Å². The molecule has 0 aliphatic rings. The second-order valence-corrected chi connectivity index (χ2v) is 8.16. The number of hydrogen-bond donors (Lipinski definition) is 1. The van der Waals surface area contributed by atoms with Crippen LogP contribution in [0.1, 0.15) is 13.8 Å². The zero-order valence-corrected chi connectivity index (χ0v) is 17.9. The Kier molecular flexibility index (Phi) is 8.39. The highest BCUT2D eigenvalue weighted by atomic mass is 35.5. The Morgan fingerprint density at radius 1 is 1.07 bits per heavy atom. The number of nitriles is 1. The van der Waals surface area contributed by atoms with Gasteiger partial charge >= 0.3 is 13.0 Å². The number of nitrogens with zero attached hydrogens (tertiary/aromatic N) is 1. The predicted molar refractivity (Wildman–Crippen MR) is 111 cm³/mol. The quantitative estimate of drug-likeness (QED) is 0.243. The van der Waals surface area contributed by atoms with Gasteiger partial charge in [0.15, 0.2) is 5.31 Å². The number of alkyl halides is 3. The van der Waals surface area contributed by atoms with E-state index in [4.69, 9.17) is 25.4 Å². The van der Waals surface area contributed by atoms with Crippen LogP contribution in [0, 0.1) is 11.3 Å². The fraction of sp³-hybridized carbons (Fsp3) is 0.250. The SMILES string of the molecule is CCOP(=O)(OCC)/C(C#N)=C(\Nc1ccc(Oc2ccccc2)cc1)C(F)(F)Cl. The first kappa shape index (κ1) is 23.8. The number of ether oxygens (including phenoxy) is 1. The Labute approximate surface area is 178 Å². The Bertz CT molecular complexity index is 948. The molecule has 0 aliphatic carbocycles. The molecule has 0 unspecified atom stereocenters. The van der Waals surface area contributed by atoms with E-state index in [-0.39, 0.29) is 18.9 Å². The fourth-order valence-electron chi connectivity index (χ4n) is 2.40. The van der Waals surface area contributed by atoms with Gasteiger partial charge in [-0.2, -0.15) is 14.0 Å². The molecule has 0 amide bonds. The number of benzene rings is 2. The third-order valence-electron chi connectivity index (χ3n) is 3.60. The van der Waals surface area contributed by atoms with E-state index in [1.807, 2.05) is 18.2 Å². The number of rotatable bonds is 10. The molecular weight excluding hydrogens is 437 g/mol.